The van der Waals surface area contributed by atoms with Gasteiger partial charge in [-0.15, -0.1) is 12.8 Å². The van der Waals surface area contributed by atoms with Gasteiger partial charge in [-0.3, -0.25) is 4.79 Å². The monoisotopic (exact) mass is 509 g/mol. The van der Waals surface area contributed by atoms with Crippen LogP contribution in [0.4, 0.5) is 0 Å². The number of aliphatic hydroxyl groups is 1. The standard InChI is InChI=1S/C11H10BrNO.C9H7BrO.3CH4/c1-3-11(13-8(2)14)9-4-6-10(12)7-5-9;1-2-9(11)7-3-5-8(10)6-4-7;;;/h1,4-7,11H,2H3,(H,13,14);1,3-6,9,11H;3*1H4. The Balaban J connectivity index is -0.000000412. The number of rotatable bonds is 3. The third kappa shape index (κ3) is 10.9. The molecule has 0 bridgehead atoms. The molecule has 0 aromatic heterocycles. The van der Waals surface area contributed by atoms with Crippen molar-refractivity contribution < 1.29 is 9.90 Å². The molecule has 2 rings (SSSR count). The number of hydrogen-bond acceptors (Lipinski definition) is 2. The maximum atomic E-state index is 10.8. The van der Waals surface area contributed by atoms with E-state index >= 15 is 0 Å². The molecule has 5 heteroatoms. The lowest BCUT2D eigenvalue weighted by Crippen LogP contribution is -2.24. The van der Waals surface area contributed by atoms with Gasteiger partial charge < -0.3 is 10.4 Å². The number of aliphatic hydroxyl groups excluding tert-OH is 1. The second-order valence-electron chi connectivity index (χ2n) is 4.97. The first-order valence-electron chi connectivity index (χ1n) is 7.25. The lowest BCUT2D eigenvalue weighted by molar-refractivity contribution is -0.119. The summed E-state index contributed by atoms with van der Waals surface area (Å²) in [6, 6.07) is 14.5. The van der Waals surface area contributed by atoms with Crippen LogP contribution in [0, 0.1) is 24.7 Å². The van der Waals surface area contributed by atoms with Crippen molar-refractivity contribution in [2.24, 2.45) is 0 Å². The number of nitrogens with one attached hydrogen (secondary N) is 1. The second-order valence-corrected chi connectivity index (χ2v) is 6.80. The van der Waals surface area contributed by atoms with Crippen LogP contribution in [-0.2, 0) is 4.79 Å². The van der Waals surface area contributed by atoms with Crippen molar-refractivity contribution in [1.29, 1.82) is 0 Å². The molecular weight excluding hydrogens is 482 g/mol. The molecule has 2 N–H and O–H groups in total. The minimum atomic E-state index is -0.789. The Morgan fingerprint density at radius 3 is 1.61 bits per heavy atom. The summed E-state index contributed by atoms with van der Waals surface area (Å²) in [7, 11) is 0. The summed E-state index contributed by atoms with van der Waals surface area (Å²) < 4.78 is 1.96. The Labute approximate surface area is 187 Å². The smallest absolute Gasteiger partial charge is 0.218 e. The van der Waals surface area contributed by atoms with E-state index < -0.39 is 6.10 Å². The van der Waals surface area contributed by atoms with Crippen LogP contribution in [0.5, 0.6) is 0 Å². The summed E-state index contributed by atoms with van der Waals surface area (Å²) in [5.41, 5.74) is 1.65. The first-order valence-corrected chi connectivity index (χ1v) is 8.84. The van der Waals surface area contributed by atoms with Gasteiger partial charge in [-0.25, -0.2) is 0 Å². The second kappa shape index (κ2) is 16.0. The number of halogens is 2. The van der Waals surface area contributed by atoms with Crippen molar-refractivity contribution in [2.75, 3.05) is 0 Å². The summed E-state index contributed by atoms with van der Waals surface area (Å²) in [6.07, 6.45) is 9.56. The highest BCUT2D eigenvalue weighted by molar-refractivity contribution is 9.10. The summed E-state index contributed by atoms with van der Waals surface area (Å²) in [4.78, 5) is 10.8. The molecule has 0 aliphatic carbocycles. The molecule has 0 spiro atoms. The van der Waals surface area contributed by atoms with E-state index in [1.807, 2.05) is 36.4 Å². The average molecular weight is 511 g/mol. The summed E-state index contributed by atoms with van der Waals surface area (Å²) >= 11 is 6.61. The molecule has 1 amide bonds. The molecule has 0 aliphatic heterocycles. The van der Waals surface area contributed by atoms with Gasteiger partial charge in [-0.2, -0.15) is 0 Å². The highest BCUT2D eigenvalue weighted by Crippen LogP contribution is 2.16. The van der Waals surface area contributed by atoms with Crippen molar-refractivity contribution in [3.05, 3.63) is 68.6 Å². The molecule has 2 aromatic rings. The molecule has 152 valence electrons. The van der Waals surface area contributed by atoms with Crippen LogP contribution in [-0.4, -0.2) is 11.0 Å². The van der Waals surface area contributed by atoms with Gasteiger partial charge in [0, 0.05) is 15.9 Å². The van der Waals surface area contributed by atoms with Crippen molar-refractivity contribution in [3.8, 4) is 24.7 Å². The number of benzene rings is 2. The van der Waals surface area contributed by atoms with Gasteiger partial charge in [-0.05, 0) is 35.4 Å². The summed E-state index contributed by atoms with van der Waals surface area (Å²) in [5.74, 6) is 4.63. The SMILES string of the molecule is C.C.C.C#CC(NC(C)=O)c1ccc(Br)cc1.C#CC(O)c1ccc(Br)cc1. The normalized spacial score (nSPS) is 10.5. The molecular formula is C23H29Br2NO2. The van der Waals surface area contributed by atoms with Crippen LogP contribution in [0.1, 0.15) is 52.5 Å². The van der Waals surface area contributed by atoms with Crippen LogP contribution in [0.15, 0.2) is 57.5 Å². The average Bonchev–Trinajstić information content (AvgIpc) is 2.61. The van der Waals surface area contributed by atoms with Crippen LogP contribution >= 0.6 is 31.9 Å². The van der Waals surface area contributed by atoms with Crippen molar-refractivity contribution in [2.45, 2.75) is 41.3 Å². The first kappa shape index (κ1) is 30.7. The van der Waals surface area contributed by atoms with Crippen molar-refractivity contribution in [3.63, 3.8) is 0 Å². The first-order chi connectivity index (χ1) is 11.9. The molecule has 2 atom stereocenters. The fourth-order valence-electron chi connectivity index (χ4n) is 1.82. The van der Waals surface area contributed by atoms with Gasteiger partial charge >= 0.3 is 0 Å². The Morgan fingerprint density at radius 1 is 0.893 bits per heavy atom. The number of carbonyl (C=O) groups is 1. The number of carbonyl (C=O) groups excluding carboxylic acids is 1. The van der Waals surface area contributed by atoms with E-state index in [1.54, 1.807) is 12.1 Å². The van der Waals surface area contributed by atoms with E-state index in [0.29, 0.717) is 0 Å². The van der Waals surface area contributed by atoms with Gasteiger partial charge in [0.05, 0.1) is 0 Å². The molecule has 0 radical (unpaired) electrons. The summed E-state index contributed by atoms with van der Waals surface area (Å²) in [5, 5.41) is 11.8. The van der Waals surface area contributed by atoms with E-state index in [1.165, 1.54) is 6.92 Å². The molecule has 2 aromatic carbocycles. The van der Waals surface area contributed by atoms with Crippen LogP contribution < -0.4 is 5.32 Å². The number of hydrogen-bond donors (Lipinski definition) is 2. The van der Waals surface area contributed by atoms with Gasteiger partial charge in [0.15, 0.2) is 0 Å². The third-order valence-corrected chi connectivity index (χ3v) is 4.12. The Bertz CT molecular complexity index is 772. The van der Waals surface area contributed by atoms with E-state index in [0.717, 1.165) is 20.1 Å². The molecule has 0 saturated heterocycles. The highest BCUT2D eigenvalue weighted by Gasteiger charge is 2.08. The van der Waals surface area contributed by atoms with Crippen molar-refractivity contribution >= 4 is 37.8 Å². The van der Waals surface area contributed by atoms with Gasteiger partial charge in [0.25, 0.3) is 0 Å². The predicted octanol–water partition coefficient (Wildman–Crippen LogP) is 6.28. The fourth-order valence-corrected chi connectivity index (χ4v) is 2.35. The molecule has 0 saturated carbocycles. The zero-order chi connectivity index (χ0) is 18.8. The van der Waals surface area contributed by atoms with E-state index in [-0.39, 0.29) is 34.2 Å². The lowest BCUT2D eigenvalue weighted by atomic mass is 10.1. The van der Waals surface area contributed by atoms with Gasteiger partial charge in [-0.1, -0.05) is 90.2 Å². The molecule has 28 heavy (non-hydrogen) atoms. The maximum Gasteiger partial charge on any atom is 0.218 e. The Morgan fingerprint density at radius 2 is 1.29 bits per heavy atom. The third-order valence-electron chi connectivity index (χ3n) is 3.06. The fraction of sp³-hybridized carbons (Fsp3) is 0.261. The highest BCUT2D eigenvalue weighted by atomic mass is 79.9. The van der Waals surface area contributed by atoms with E-state index in [2.05, 4.69) is 49.0 Å². The molecule has 0 heterocycles. The lowest BCUT2D eigenvalue weighted by Gasteiger charge is -2.11. The van der Waals surface area contributed by atoms with Gasteiger partial charge in [0.1, 0.15) is 12.1 Å². The largest absolute Gasteiger partial charge is 0.376 e. The van der Waals surface area contributed by atoms with Crippen LogP contribution in [0.3, 0.4) is 0 Å². The zero-order valence-electron chi connectivity index (χ0n) is 13.5. The van der Waals surface area contributed by atoms with Crippen LogP contribution in [0.25, 0.3) is 0 Å². The zero-order valence-corrected chi connectivity index (χ0v) is 16.7. The molecule has 0 aliphatic rings. The molecule has 0 fully saturated rings. The maximum absolute atomic E-state index is 10.8. The quantitative estimate of drug-likeness (QED) is 0.477. The molecule has 2 unspecified atom stereocenters. The van der Waals surface area contributed by atoms with E-state index in [4.69, 9.17) is 18.0 Å². The Hall–Kier alpha value is -2.05. The molecule has 3 nitrogen and oxygen atoms in total. The minimum absolute atomic E-state index is 0. The minimum Gasteiger partial charge on any atom is -0.376 e. The van der Waals surface area contributed by atoms with Crippen LogP contribution in [0.2, 0.25) is 0 Å². The van der Waals surface area contributed by atoms with Crippen molar-refractivity contribution in [1.82, 2.24) is 5.32 Å². The predicted molar refractivity (Wildman–Crippen MR) is 128 cm³/mol. The number of terminal acetylenes is 2. The van der Waals surface area contributed by atoms with Gasteiger partial charge in [0.2, 0.25) is 5.91 Å². The Kier molecular flexibility index (Phi) is 17.5. The summed E-state index contributed by atoms with van der Waals surface area (Å²) in [6.45, 7) is 1.45. The topological polar surface area (TPSA) is 49.3 Å². The number of amides is 1. The van der Waals surface area contributed by atoms with E-state index in [9.17, 15) is 4.79 Å².